The van der Waals surface area contributed by atoms with E-state index in [-0.39, 0.29) is 12.6 Å². The van der Waals surface area contributed by atoms with E-state index in [0.29, 0.717) is 22.4 Å². The lowest BCUT2D eigenvalue weighted by Crippen LogP contribution is -2.08. The molecule has 0 bridgehead atoms. The summed E-state index contributed by atoms with van der Waals surface area (Å²) in [6.45, 7) is 4.40. The summed E-state index contributed by atoms with van der Waals surface area (Å²) < 4.78 is 13.1. The zero-order valence-electron chi connectivity index (χ0n) is 15.0. The highest BCUT2D eigenvalue weighted by Gasteiger charge is 2.16. The highest BCUT2D eigenvalue weighted by molar-refractivity contribution is 5.96. The molecule has 0 radical (unpaired) electrons. The number of aromatic nitrogens is 4. The third-order valence-electron chi connectivity index (χ3n) is 4.30. The first-order chi connectivity index (χ1) is 13.2. The first-order valence-corrected chi connectivity index (χ1v) is 8.61. The van der Waals surface area contributed by atoms with E-state index in [4.69, 9.17) is 9.15 Å². The van der Waals surface area contributed by atoms with Gasteiger partial charge in [-0.15, -0.1) is 0 Å². The smallest absolute Gasteiger partial charge is 0.182 e. The topological polar surface area (TPSA) is 83.0 Å². The number of hydrogen-bond acceptors (Lipinski definition) is 6. The summed E-state index contributed by atoms with van der Waals surface area (Å²) in [6.07, 6.45) is 5.55. The Balaban J connectivity index is 1.67. The summed E-state index contributed by atoms with van der Waals surface area (Å²) >= 11 is 0. The van der Waals surface area contributed by atoms with Crippen molar-refractivity contribution < 1.29 is 13.9 Å². The fourth-order valence-corrected chi connectivity index (χ4v) is 3.03. The minimum absolute atomic E-state index is 0.210. The summed E-state index contributed by atoms with van der Waals surface area (Å²) in [5, 5.41) is 4.38. The molecule has 0 saturated carbocycles. The SMILES string of the molecule is CC(C)n1nccc1-c1ncccc1COc1ccc2ocnc2c1C=O. The van der Waals surface area contributed by atoms with Crippen LogP contribution in [0.1, 0.15) is 35.8 Å². The number of carbonyl (C=O) groups is 1. The lowest BCUT2D eigenvalue weighted by atomic mass is 10.1. The molecule has 0 aliphatic carbocycles. The fourth-order valence-electron chi connectivity index (χ4n) is 3.03. The number of hydrogen-bond donors (Lipinski definition) is 0. The molecule has 0 fully saturated rings. The van der Waals surface area contributed by atoms with Crippen molar-refractivity contribution in [1.29, 1.82) is 0 Å². The number of benzene rings is 1. The quantitative estimate of drug-likeness (QED) is 0.481. The van der Waals surface area contributed by atoms with Crippen molar-refractivity contribution in [1.82, 2.24) is 19.7 Å². The van der Waals surface area contributed by atoms with Crippen molar-refractivity contribution in [2.45, 2.75) is 26.5 Å². The highest BCUT2D eigenvalue weighted by atomic mass is 16.5. The van der Waals surface area contributed by atoms with Gasteiger partial charge in [-0.2, -0.15) is 5.10 Å². The van der Waals surface area contributed by atoms with Crippen LogP contribution >= 0.6 is 0 Å². The molecule has 3 heterocycles. The van der Waals surface area contributed by atoms with Crippen LogP contribution in [-0.2, 0) is 6.61 Å². The standard InChI is InChI=1S/C20H18N4O3/c1-13(2)24-16(7-9-23-24)19-14(4-3-8-21-19)11-26-17-5-6-18-20(15(17)10-25)22-12-27-18/h3-10,12-13H,11H2,1-2H3. The molecule has 0 saturated heterocycles. The minimum Gasteiger partial charge on any atom is -0.488 e. The third-order valence-corrected chi connectivity index (χ3v) is 4.30. The molecule has 0 N–H and O–H groups in total. The molecule has 27 heavy (non-hydrogen) atoms. The van der Waals surface area contributed by atoms with Crippen molar-refractivity contribution in [2.75, 3.05) is 0 Å². The average Bonchev–Trinajstić information content (AvgIpc) is 3.35. The Morgan fingerprint density at radius 3 is 2.89 bits per heavy atom. The average molecular weight is 362 g/mol. The van der Waals surface area contributed by atoms with E-state index in [1.54, 1.807) is 24.5 Å². The number of fused-ring (bicyclic) bond motifs is 1. The molecule has 0 aliphatic heterocycles. The monoisotopic (exact) mass is 362 g/mol. The number of ether oxygens (including phenoxy) is 1. The molecule has 3 aromatic heterocycles. The molecule has 1 aromatic carbocycles. The number of oxazole rings is 1. The Morgan fingerprint density at radius 2 is 2.07 bits per heavy atom. The lowest BCUT2D eigenvalue weighted by Gasteiger charge is -2.14. The molecular weight excluding hydrogens is 344 g/mol. The first-order valence-electron chi connectivity index (χ1n) is 8.61. The van der Waals surface area contributed by atoms with Crippen LogP contribution in [-0.4, -0.2) is 26.0 Å². The Labute approximate surface area is 155 Å². The Kier molecular flexibility index (Phi) is 4.42. The maximum absolute atomic E-state index is 11.5. The van der Waals surface area contributed by atoms with Gasteiger partial charge in [0.15, 0.2) is 18.3 Å². The van der Waals surface area contributed by atoms with Crippen LogP contribution in [0.5, 0.6) is 5.75 Å². The summed E-state index contributed by atoms with van der Waals surface area (Å²) in [5.41, 5.74) is 4.04. The van der Waals surface area contributed by atoms with Gasteiger partial charge in [-0.25, -0.2) is 4.98 Å². The zero-order valence-corrected chi connectivity index (χ0v) is 15.0. The number of nitrogens with zero attached hydrogens (tertiary/aromatic N) is 4. The van der Waals surface area contributed by atoms with E-state index >= 15 is 0 Å². The van der Waals surface area contributed by atoms with Crippen molar-refractivity contribution in [3.8, 4) is 17.1 Å². The highest BCUT2D eigenvalue weighted by Crippen LogP contribution is 2.28. The molecule has 0 atom stereocenters. The molecule has 4 rings (SSSR count). The van der Waals surface area contributed by atoms with Gasteiger partial charge in [0.1, 0.15) is 17.9 Å². The van der Waals surface area contributed by atoms with Crippen molar-refractivity contribution >= 4 is 17.4 Å². The lowest BCUT2D eigenvalue weighted by molar-refractivity contribution is 0.112. The maximum atomic E-state index is 11.5. The predicted molar refractivity (Wildman–Crippen MR) is 99.6 cm³/mol. The van der Waals surface area contributed by atoms with E-state index < -0.39 is 0 Å². The van der Waals surface area contributed by atoms with E-state index in [1.165, 1.54) is 6.39 Å². The number of aldehydes is 1. The first kappa shape index (κ1) is 17.0. The molecule has 0 aliphatic rings. The second-order valence-electron chi connectivity index (χ2n) is 6.35. The van der Waals surface area contributed by atoms with Crippen molar-refractivity contribution in [3.63, 3.8) is 0 Å². The van der Waals surface area contributed by atoms with Crippen LogP contribution in [0.15, 0.2) is 53.5 Å². The molecule has 4 aromatic rings. The number of carbonyl (C=O) groups excluding carboxylic acids is 1. The summed E-state index contributed by atoms with van der Waals surface area (Å²) in [7, 11) is 0. The molecule has 7 heteroatoms. The molecule has 136 valence electrons. The van der Waals surface area contributed by atoms with Gasteiger partial charge in [0.2, 0.25) is 0 Å². The van der Waals surface area contributed by atoms with Gasteiger partial charge >= 0.3 is 0 Å². The van der Waals surface area contributed by atoms with Crippen LogP contribution in [0, 0.1) is 0 Å². The predicted octanol–water partition coefficient (Wildman–Crippen LogP) is 4.06. The second-order valence-corrected chi connectivity index (χ2v) is 6.35. The zero-order chi connectivity index (χ0) is 18.8. The third kappa shape index (κ3) is 3.08. The number of rotatable bonds is 6. The second kappa shape index (κ2) is 7.03. The van der Waals surface area contributed by atoms with Gasteiger partial charge in [-0.1, -0.05) is 6.07 Å². The maximum Gasteiger partial charge on any atom is 0.182 e. The van der Waals surface area contributed by atoms with Crippen molar-refractivity contribution in [2.24, 2.45) is 0 Å². The molecule has 0 amide bonds. The number of pyridine rings is 1. The van der Waals surface area contributed by atoms with Gasteiger partial charge in [-0.3, -0.25) is 14.5 Å². The summed E-state index contributed by atoms with van der Waals surface area (Å²) in [5.74, 6) is 0.457. The van der Waals surface area contributed by atoms with Crippen LogP contribution in [0.2, 0.25) is 0 Å². The van der Waals surface area contributed by atoms with Crippen LogP contribution < -0.4 is 4.74 Å². The Morgan fingerprint density at radius 1 is 1.19 bits per heavy atom. The van der Waals surface area contributed by atoms with Gasteiger partial charge < -0.3 is 9.15 Å². The van der Waals surface area contributed by atoms with Crippen molar-refractivity contribution in [3.05, 3.63) is 60.2 Å². The molecule has 0 unspecified atom stereocenters. The molecular formula is C20H18N4O3. The van der Waals surface area contributed by atoms with E-state index in [1.807, 2.05) is 22.9 Å². The summed E-state index contributed by atoms with van der Waals surface area (Å²) in [4.78, 5) is 20.2. The van der Waals surface area contributed by atoms with Crippen LogP contribution in [0.4, 0.5) is 0 Å². The molecule has 7 nitrogen and oxygen atoms in total. The van der Waals surface area contributed by atoms with Gasteiger partial charge in [0, 0.05) is 24.0 Å². The summed E-state index contributed by atoms with van der Waals surface area (Å²) in [6, 6.07) is 9.41. The van der Waals surface area contributed by atoms with E-state index in [9.17, 15) is 4.79 Å². The van der Waals surface area contributed by atoms with Crippen LogP contribution in [0.25, 0.3) is 22.5 Å². The Bertz CT molecular complexity index is 1100. The molecule has 0 spiro atoms. The fraction of sp³-hybridized carbons (Fsp3) is 0.200. The van der Waals surface area contributed by atoms with E-state index in [0.717, 1.165) is 23.2 Å². The Hall–Kier alpha value is -3.48. The van der Waals surface area contributed by atoms with Gasteiger partial charge in [0.25, 0.3) is 0 Å². The van der Waals surface area contributed by atoms with Gasteiger partial charge in [-0.05, 0) is 38.1 Å². The van der Waals surface area contributed by atoms with Crippen LogP contribution in [0.3, 0.4) is 0 Å². The largest absolute Gasteiger partial charge is 0.488 e. The normalized spacial score (nSPS) is 11.2. The van der Waals surface area contributed by atoms with Gasteiger partial charge in [0.05, 0.1) is 17.0 Å². The van der Waals surface area contributed by atoms with E-state index in [2.05, 4.69) is 28.9 Å². The minimum atomic E-state index is 0.210.